The first-order valence-electron chi connectivity index (χ1n) is 9.58. The maximum atomic E-state index is 12.6. The van der Waals surface area contributed by atoms with E-state index in [1.807, 2.05) is 0 Å². The van der Waals surface area contributed by atoms with Crippen LogP contribution in [0.3, 0.4) is 0 Å². The number of carbonyl (C=O) groups is 2. The Balaban J connectivity index is 0.00000420. The average Bonchev–Trinajstić information content (AvgIpc) is 3.17. The zero-order valence-corrected chi connectivity index (χ0v) is 20.3. The van der Waals surface area contributed by atoms with E-state index in [1.54, 1.807) is 50.3 Å². The fourth-order valence-electron chi connectivity index (χ4n) is 3.53. The highest BCUT2D eigenvalue weighted by atomic mass is 127. The molecule has 2 amide bonds. The molecule has 9 heteroatoms. The normalized spacial score (nSPS) is 15.2. The summed E-state index contributed by atoms with van der Waals surface area (Å²) in [6.45, 7) is 1.53. The van der Waals surface area contributed by atoms with Crippen molar-refractivity contribution in [1.29, 1.82) is 0 Å². The van der Waals surface area contributed by atoms with E-state index in [1.165, 1.54) is 0 Å². The van der Waals surface area contributed by atoms with Gasteiger partial charge in [0.25, 0.3) is 5.91 Å². The summed E-state index contributed by atoms with van der Waals surface area (Å²) in [5.41, 5.74) is 0.210. The average molecular weight is 536 g/mol. The Hall–Kier alpha value is -1.55. The summed E-state index contributed by atoms with van der Waals surface area (Å²) in [7, 11) is 5.30. The molecule has 0 bridgehead atoms. The van der Waals surface area contributed by atoms with Crippen LogP contribution in [0.4, 0.5) is 0 Å². The van der Waals surface area contributed by atoms with Crippen molar-refractivity contribution in [3.8, 4) is 0 Å². The highest BCUT2D eigenvalue weighted by Gasteiger charge is 2.42. The first-order chi connectivity index (χ1) is 13.4. The highest BCUT2D eigenvalue weighted by Crippen LogP contribution is 2.38. The van der Waals surface area contributed by atoms with Crippen LogP contribution in [-0.2, 0) is 4.79 Å². The van der Waals surface area contributed by atoms with Gasteiger partial charge in [0.2, 0.25) is 5.91 Å². The number of amides is 2. The second kappa shape index (κ2) is 12.2. The van der Waals surface area contributed by atoms with Gasteiger partial charge in [-0.3, -0.25) is 14.6 Å². The Morgan fingerprint density at radius 3 is 2.21 bits per heavy atom. The third-order valence-electron chi connectivity index (χ3n) is 5.05. The number of aliphatic imine (C=N–C) groups is 1. The molecule has 2 rings (SSSR count). The Kier molecular flexibility index (Phi) is 10.7. The van der Waals surface area contributed by atoms with Crippen LogP contribution < -0.4 is 16.0 Å². The minimum Gasteiger partial charge on any atom is -0.355 e. The first kappa shape index (κ1) is 25.5. The number of nitrogens with zero attached hydrogens (tertiary/aromatic N) is 2. The molecule has 1 aliphatic carbocycles. The quantitative estimate of drug-likeness (QED) is 0.217. The van der Waals surface area contributed by atoms with Crippen LogP contribution in [0.2, 0.25) is 5.02 Å². The molecule has 1 fully saturated rings. The summed E-state index contributed by atoms with van der Waals surface area (Å²) in [5, 5.41) is 9.90. The molecule has 0 spiro atoms. The SMILES string of the molecule is CN=C(NCCNC(=O)c1ccc(Cl)cc1)NCC1(C(=O)N(C)C)CCCC1.I. The molecular formula is C20H31ClIN5O2. The molecule has 3 N–H and O–H groups in total. The van der Waals surface area contributed by atoms with Crippen molar-refractivity contribution in [1.82, 2.24) is 20.9 Å². The summed E-state index contributed by atoms with van der Waals surface area (Å²) in [6, 6.07) is 6.76. The summed E-state index contributed by atoms with van der Waals surface area (Å²) in [6.07, 6.45) is 3.93. The molecule has 7 nitrogen and oxygen atoms in total. The van der Waals surface area contributed by atoms with Crippen molar-refractivity contribution in [3.63, 3.8) is 0 Å². The lowest BCUT2D eigenvalue weighted by Gasteiger charge is -2.31. The van der Waals surface area contributed by atoms with E-state index in [2.05, 4.69) is 20.9 Å². The van der Waals surface area contributed by atoms with Gasteiger partial charge in [0.05, 0.1) is 5.41 Å². The van der Waals surface area contributed by atoms with Crippen LogP contribution in [0.5, 0.6) is 0 Å². The number of rotatable bonds is 7. The predicted molar refractivity (Wildman–Crippen MR) is 128 cm³/mol. The van der Waals surface area contributed by atoms with Gasteiger partial charge in [-0.15, -0.1) is 24.0 Å². The molecular weight excluding hydrogens is 505 g/mol. The minimum absolute atomic E-state index is 0. The van der Waals surface area contributed by atoms with Gasteiger partial charge in [0.15, 0.2) is 5.96 Å². The van der Waals surface area contributed by atoms with E-state index in [-0.39, 0.29) is 41.2 Å². The van der Waals surface area contributed by atoms with E-state index < -0.39 is 0 Å². The van der Waals surface area contributed by atoms with Gasteiger partial charge in [-0.1, -0.05) is 24.4 Å². The summed E-state index contributed by atoms with van der Waals surface area (Å²) >= 11 is 5.83. The minimum atomic E-state index is -0.357. The maximum absolute atomic E-state index is 12.6. The van der Waals surface area contributed by atoms with Crippen molar-refractivity contribution in [2.45, 2.75) is 25.7 Å². The molecule has 1 aromatic rings. The van der Waals surface area contributed by atoms with Crippen molar-refractivity contribution in [2.75, 3.05) is 40.8 Å². The lowest BCUT2D eigenvalue weighted by Crippen LogP contribution is -2.50. The van der Waals surface area contributed by atoms with Gasteiger partial charge >= 0.3 is 0 Å². The zero-order valence-electron chi connectivity index (χ0n) is 17.3. The van der Waals surface area contributed by atoms with Crippen molar-refractivity contribution in [3.05, 3.63) is 34.9 Å². The second-order valence-electron chi connectivity index (χ2n) is 7.30. The molecule has 0 heterocycles. The first-order valence-corrected chi connectivity index (χ1v) is 9.96. The van der Waals surface area contributed by atoms with Crippen LogP contribution in [0.1, 0.15) is 36.0 Å². The fraction of sp³-hybridized carbons (Fsp3) is 0.550. The standard InChI is InChI=1S/C20H30ClN5O2.HI/c1-22-19(25-14-20(10-4-5-11-20)18(28)26(2)3)24-13-12-23-17(27)15-6-8-16(21)9-7-15;/h6-9H,4-5,10-14H2,1-3H3,(H,23,27)(H2,22,24,25);1H. The van der Waals surface area contributed by atoms with Crippen LogP contribution in [0.15, 0.2) is 29.3 Å². The number of nitrogens with one attached hydrogen (secondary N) is 3. The maximum Gasteiger partial charge on any atom is 0.251 e. The molecule has 0 atom stereocenters. The highest BCUT2D eigenvalue weighted by molar-refractivity contribution is 14.0. The van der Waals surface area contributed by atoms with Crippen molar-refractivity contribution < 1.29 is 9.59 Å². The number of guanidine groups is 1. The van der Waals surface area contributed by atoms with Crippen LogP contribution in [0, 0.1) is 5.41 Å². The van der Waals surface area contributed by atoms with Gasteiger partial charge < -0.3 is 20.9 Å². The molecule has 162 valence electrons. The van der Waals surface area contributed by atoms with Gasteiger partial charge in [0.1, 0.15) is 0 Å². The van der Waals surface area contributed by atoms with E-state index in [4.69, 9.17) is 11.6 Å². The third kappa shape index (κ3) is 7.33. The molecule has 29 heavy (non-hydrogen) atoms. The third-order valence-corrected chi connectivity index (χ3v) is 5.30. The van der Waals surface area contributed by atoms with Crippen LogP contribution in [-0.4, -0.2) is 63.5 Å². The van der Waals surface area contributed by atoms with Crippen LogP contribution in [0.25, 0.3) is 0 Å². The number of benzene rings is 1. The Labute approximate surface area is 195 Å². The monoisotopic (exact) mass is 535 g/mol. The molecule has 0 saturated heterocycles. The molecule has 1 saturated carbocycles. The lowest BCUT2D eigenvalue weighted by molar-refractivity contribution is -0.138. The number of carbonyl (C=O) groups excluding carboxylic acids is 2. The largest absolute Gasteiger partial charge is 0.355 e. The van der Waals surface area contributed by atoms with Crippen LogP contribution >= 0.6 is 35.6 Å². The lowest BCUT2D eigenvalue weighted by atomic mass is 9.84. The second-order valence-corrected chi connectivity index (χ2v) is 7.74. The molecule has 1 aromatic carbocycles. The molecule has 0 aliphatic heterocycles. The number of halogens is 2. The Morgan fingerprint density at radius 1 is 1.07 bits per heavy atom. The Morgan fingerprint density at radius 2 is 1.66 bits per heavy atom. The summed E-state index contributed by atoms with van der Waals surface area (Å²) in [4.78, 5) is 30.6. The van der Waals surface area contributed by atoms with E-state index in [0.717, 1.165) is 25.7 Å². The topological polar surface area (TPSA) is 85.8 Å². The summed E-state index contributed by atoms with van der Waals surface area (Å²) in [5.74, 6) is 0.643. The molecule has 0 radical (unpaired) electrons. The van der Waals surface area contributed by atoms with Gasteiger partial charge in [-0.2, -0.15) is 0 Å². The molecule has 0 unspecified atom stereocenters. The van der Waals surface area contributed by atoms with Crippen molar-refractivity contribution >= 4 is 53.4 Å². The predicted octanol–water partition coefficient (Wildman–Crippen LogP) is 2.50. The van der Waals surface area contributed by atoms with Gasteiger partial charge in [0, 0.05) is 51.4 Å². The zero-order chi connectivity index (χ0) is 20.6. The van der Waals surface area contributed by atoms with Gasteiger partial charge in [-0.05, 0) is 37.1 Å². The van der Waals surface area contributed by atoms with E-state index >= 15 is 0 Å². The number of hydrogen-bond donors (Lipinski definition) is 3. The fourth-order valence-corrected chi connectivity index (χ4v) is 3.65. The summed E-state index contributed by atoms with van der Waals surface area (Å²) < 4.78 is 0. The van der Waals surface area contributed by atoms with E-state index in [0.29, 0.717) is 36.2 Å². The van der Waals surface area contributed by atoms with E-state index in [9.17, 15) is 9.59 Å². The smallest absolute Gasteiger partial charge is 0.251 e. The number of hydrogen-bond acceptors (Lipinski definition) is 3. The Bertz CT molecular complexity index is 703. The van der Waals surface area contributed by atoms with Gasteiger partial charge in [-0.25, -0.2) is 0 Å². The molecule has 0 aromatic heterocycles. The van der Waals surface area contributed by atoms with Crippen molar-refractivity contribution in [2.24, 2.45) is 10.4 Å². The molecule has 1 aliphatic rings.